The number of nitrogens with zero attached hydrogens (tertiary/aromatic N) is 2. The molecule has 4 rings (SSSR count). The van der Waals surface area contributed by atoms with Gasteiger partial charge in [0.05, 0.1) is 23.9 Å². The van der Waals surface area contributed by atoms with Gasteiger partial charge in [0.15, 0.2) is 5.13 Å². The molecule has 0 bridgehead atoms. The Morgan fingerprint density at radius 1 is 1.15 bits per heavy atom. The SMILES string of the molecule is C=CCOC(=O)c1sc(N2C(=O)C(=O)C(=C(O)c3cc(C)ccc3C)C2c2ccc(OCCCC)cc2)nc1C. The van der Waals surface area contributed by atoms with Gasteiger partial charge in [-0.05, 0) is 56.5 Å². The van der Waals surface area contributed by atoms with Crippen molar-refractivity contribution in [3.05, 3.63) is 93.5 Å². The molecule has 1 saturated heterocycles. The number of rotatable bonds is 10. The first-order chi connectivity index (χ1) is 19.2. The number of unbranched alkanes of at least 4 members (excludes halogenated alkanes) is 1. The average Bonchev–Trinajstić information content (AvgIpc) is 3.45. The minimum Gasteiger partial charge on any atom is -0.507 e. The van der Waals surface area contributed by atoms with E-state index in [1.54, 1.807) is 37.3 Å². The largest absolute Gasteiger partial charge is 0.507 e. The van der Waals surface area contributed by atoms with E-state index in [0.717, 1.165) is 35.3 Å². The smallest absolute Gasteiger partial charge is 0.350 e. The zero-order valence-corrected chi connectivity index (χ0v) is 23.8. The number of ketones is 1. The molecule has 1 fully saturated rings. The second-order valence-corrected chi connectivity index (χ2v) is 10.5. The number of aliphatic hydroxyl groups is 1. The van der Waals surface area contributed by atoms with Crippen LogP contribution < -0.4 is 9.64 Å². The molecular formula is C31H32N2O6S. The predicted octanol–water partition coefficient (Wildman–Crippen LogP) is 6.22. The Balaban J connectivity index is 1.85. The van der Waals surface area contributed by atoms with Gasteiger partial charge in [0.1, 0.15) is 23.0 Å². The first kappa shape index (κ1) is 28.8. The zero-order chi connectivity index (χ0) is 29.0. The third-order valence-corrected chi connectivity index (χ3v) is 7.70. The topological polar surface area (TPSA) is 106 Å². The normalized spacial score (nSPS) is 16.3. The van der Waals surface area contributed by atoms with E-state index in [4.69, 9.17) is 9.47 Å². The lowest BCUT2D eigenvalue weighted by Gasteiger charge is -2.23. The summed E-state index contributed by atoms with van der Waals surface area (Å²) in [6.07, 6.45) is 3.37. The summed E-state index contributed by atoms with van der Waals surface area (Å²) < 4.78 is 11.0. The van der Waals surface area contributed by atoms with E-state index < -0.39 is 23.7 Å². The van der Waals surface area contributed by atoms with E-state index in [-0.39, 0.29) is 27.9 Å². The average molecular weight is 561 g/mol. The molecule has 1 aliphatic rings. The predicted molar refractivity (Wildman–Crippen MR) is 155 cm³/mol. The maximum Gasteiger partial charge on any atom is 0.350 e. The standard InChI is InChI=1S/C31H32N2O6S/c1-6-8-16-38-22-13-11-21(12-14-22)25-24(26(34)23-17-18(3)9-10-19(23)4)27(35)29(36)33(25)31-32-20(5)28(40-31)30(37)39-15-7-2/h7,9-14,17,25,34H,2,6,8,15-16H2,1,3-5H3. The lowest BCUT2D eigenvalue weighted by molar-refractivity contribution is -0.132. The summed E-state index contributed by atoms with van der Waals surface area (Å²) in [6, 6.07) is 11.6. The summed E-state index contributed by atoms with van der Waals surface area (Å²) >= 11 is 0.955. The van der Waals surface area contributed by atoms with Crippen LogP contribution in [0.15, 0.2) is 60.7 Å². The van der Waals surface area contributed by atoms with Gasteiger partial charge in [0, 0.05) is 5.56 Å². The number of hydrogen-bond acceptors (Lipinski definition) is 8. The molecule has 1 aliphatic heterocycles. The molecule has 1 atom stereocenters. The van der Waals surface area contributed by atoms with Gasteiger partial charge in [-0.1, -0.05) is 67.2 Å². The van der Waals surface area contributed by atoms with Gasteiger partial charge < -0.3 is 14.6 Å². The Labute approximate surface area is 237 Å². The van der Waals surface area contributed by atoms with Crippen LogP contribution in [0.4, 0.5) is 5.13 Å². The third-order valence-electron chi connectivity index (χ3n) is 6.56. The molecule has 208 valence electrons. The van der Waals surface area contributed by atoms with Gasteiger partial charge in [-0.25, -0.2) is 9.78 Å². The number of aliphatic hydroxyl groups excluding tert-OH is 1. The number of aromatic nitrogens is 1. The van der Waals surface area contributed by atoms with Crippen molar-refractivity contribution in [3.63, 3.8) is 0 Å². The molecule has 40 heavy (non-hydrogen) atoms. The van der Waals surface area contributed by atoms with Crippen molar-refractivity contribution in [2.24, 2.45) is 0 Å². The Bertz CT molecular complexity index is 1490. The first-order valence-electron chi connectivity index (χ1n) is 13.0. The second kappa shape index (κ2) is 12.3. The van der Waals surface area contributed by atoms with Crippen LogP contribution in [0.25, 0.3) is 5.76 Å². The number of anilines is 1. The fraction of sp³-hybridized carbons (Fsp3) is 0.290. The molecule has 0 aliphatic carbocycles. The molecule has 8 nitrogen and oxygen atoms in total. The highest BCUT2D eigenvalue weighted by atomic mass is 32.1. The molecule has 1 unspecified atom stereocenters. The first-order valence-corrected chi connectivity index (χ1v) is 13.9. The van der Waals surface area contributed by atoms with Crippen LogP contribution >= 0.6 is 11.3 Å². The van der Waals surface area contributed by atoms with E-state index in [0.29, 0.717) is 29.2 Å². The number of aryl methyl sites for hydroxylation is 3. The van der Waals surface area contributed by atoms with E-state index in [1.807, 2.05) is 26.0 Å². The number of ether oxygens (including phenoxy) is 2. The van der Waals surface area contributed by atoms with Crippen LogP contribution in [0.1, 0.15) is 63.4 Å². The molecule has 0 radical (unpaired) electrons. The van der Waals surface area contributed by atoms with Crippen molar-refractivity contribution in [3.8, 4) is 5.75 Å². The van der Waals surface area contributed by atoms with Crippen molar-refractivity contribution >= 4 is 39.9 Å². The van der Waals surface area contributed by atoms with Gasteiger partial charge in [0.2, 0.25) is 0 Å². The van der Waals surface area contributed by atoms with Gasteiger partial charge in [0.25, 0.3) is 5.78 Å². The molecule has 2 aromatic carbocycles. The zero-order valence-electron chi connectivity index (χ0n) is 23.0. The molecule has 1 N–H and O–H groups in total. The molecule has 2 heterocycles. The number of benzene rings is 2. The van der Waals surface area contributed by atoms with Crippen molar-refractivity contribution in [1.82, 2.24) is 4.98 Å². The van der Waals surface area contributed by atoms with E-state index in [1.165, 1.54) is 11.0 Å². The maximum absolute atomic E-state index is 13.5. The summed E-state index contributed by atoms with van der Waals surface area (Å²) in [5.41, 5.74) is 3.00. The summed E-state index contributed by atoms with van der Waals surface area (Å²) in [4.78, 5) is 45.6. The fourth-order valence-corrected chi connectivity index (χ4v) is 5.42. The van der Waals surface area contributed by atoms with E-state index in [9.17, 15) is 19.5 Å². The number of Topliss-reactive ketones (excluding diaryl/α,β-unsaturated/α-hetero) is 1. The Morgan fingerprint density at radius 2 is 1.88 bits per heavy atom. The Kier molecular flexibility index (Phi) is 8.84. The van der Waals surface area contributed by atoms with Crippen LogP contribution in [0.3, 0.4) is 0 Å². The van der Waals surface area contributed by atoms with Gasteiger partial charge >= 0.3 is 11.9 Å². The van der Waals surface area contributed by atoms with Crippen molar-refractivity contribution in [2.45, 2.75) is 46.6 Å². The second-order valence-electron chi connectivity index (χ2n) is 9.56. The number of esters is 1. The van der Waals surface area contributed by atoms with Crippen molar-refractivity contribution in [2.75, 3.05) is 18.1 Å². The van der Waals surface area contributed by atoms with Crippen LogP contribution in [0.2, 0.25) is 0 Å². The van der Waals surface area contributed by atoms with Gasteiger partial charge in [-0.3, -0.25) is 14.5 Å². The number of amides is 1. The summed E-state index contributed by atoms with van der Waals surface area (Å²) in [5, 5.41) is 11.7. The highest BCUT2D eigenvalue weighted by Gasteiger charge is 2.48. The van der Waals surface area contributed by atoms with Gasteiger partial charge in [-0.2, -0.15) is 0 Å². The Hall–Kier alpha value is -4.24. The number of hydrogen-bond donors (Lipinski definition) is 1. The van der Waals surface area contributed by atoms with E-state index in [2.05, 4.69) is 18.5 Å². The summed E-state index contributed by atoms with van der Waals surface area (Å²) in [5.74, 6) is -1.90. The Morgan fingerprint density at radius 3 is 2.55 bits per heavy atom. The third kappa shape index (κ3) is 5.70. The molecule has 9 heteroatoms. The van der Waals surface area contributed by atoms with Crippen LogP contribution in [0, 0.1) is 20.8 Å². The van der Waals surface area contributed by atoms with Crippen molar-refractivity contribution in [1.29, 1.82) is 0 Å². The molecule has 0 spiro atoms. The minimum atomic E-state index is -0.979. The number of carbonyl (C=O) groups excluding carboxylic acids is 3. The monoisotopic (exact) mass is 560 g/mol. The highest BCUT2D eigenvalue weighted by Crippen LogP contribution is 2.44. The molecule has 0 saturated carbocycles. The van der Waals surface area contributed by atoms with Crippen LogP contribution in [-0.2, 0) is 14.3 Å². The fourth-order valence-electron chi connectivity index (χ4n) is 4.44. The summed E-state index contributed by atoms with van der Waals surface area (Å²) in [6.45, 7) is 11.6. The summed E-state index contributed by atoms with van der Waals surface area (Å²) in [7, 11) is 0. The van der Waals surface area contributed by atoms with Crippen LogP contribution in [0.5, 0.6) is 5.75 Å². The molecule has 1 amide bonds. The van der Waals surface area contributed by atoms with Crippen LogP contribution in [-0.4, -0.2) is 41.0 Å². The van der Waals surface area contributed by atoms with Crippen molar-refractivity contribution < 1.29 is 29.0 Å². The lowest BCUT2D eigenvalue weighted by atomic mass is 9.93. The number of thiazole rings is 1. The lowest BCUT2D eigenvalue weighted by Crippen LogP contribution is -2.29. The maximum atomic E-state index is 13.5. The quantitative estimate of drug-likeness (QED) is 0.0784. The molecular weight excluding hydrogens is 528 g/mol. The molecule has 3 aromatic rings. The van der Waals surface area contributed by atoms with E-state index >= 15 is 0 Å². The number of carbonyl (C=O) groups is 3. The highest BCUT2D eigenvalue weighted by molar-refractivity contribution is 7.17. The minimum absolute atomic E-state index is 0.0263. The molecule has 1 aromatic heterocycles. The van der Waals surface area contributed by atoms with Gasteiger partial charge in [-0.15, -0.1) is 0 Å².